The van der Waals surface area contributed by atoms with Gasteiger partial charge in [0.1, 0.15) is 10.8 Å². The molecule has 2 aromatic carbocycles. The number of hydrogen-bond donors (Lipinski definition) is 0. The maximum Gasteiger partial charge on any atom is 0.288 e. The molecule has 142 valence electrons. The highest BCUT2D eigenvalue weighted by atomic mass is 35.5. The van der Waals surface area contributed by atoms with Crippen molar-refractivity contribution in [2.75, 3.05) is 0 Å². The van der Waals surface area contributed by atoms with Crippen molar-refractivity contribution < 1.29 is 19.0 Å². The number of carbonyl (C=O) groups excluding carboxylic acids is 1. The highest BCUT2D eigenvalue weighted by Gasteiger charge is 2.15. The molecule has 0 saturated heterocycles. The molecule has 1 heterocycles. The second-order valence-corrected chi connectivity index (χ2v) is 6.12. The van der Waals surface area contributed by atoms with Gasteiger partial charge in [0.25, 0.3) is 5.69 Å². The number of allylic oxidation sites excluding steroid dienone is 1. The SMILES string of the molecule is Cc1nc(COc2ccc(/C=C/C(=O)c3ccc(Cl)c([N+](=O)[O-])c3)cc2)no1. The number of halogens is 1. The molecule has 0 fully saturated rings. The van der Waals surface area contributed by atoms with Gasteiger partial charge in [0, 0.05) is 18.6 Å². The van der Waals surface area contributed by atoms with E-state index in [4.69, 9.17) is 20.9 Å². The molecule has 9 heteroatoms. The standard InChI is InChI=1S/C19H14ClN3O5/c1-12-21-19(22-28-12)11-27-15-6-2-13(3-7-15)4-9-18(24)14-5-8-16(20)17(10-14)23(25)26/h2-10H,11H2,1H3/b9-4+. The first-order valence-corrected chi connectivity index (χ1v) is 8.48. The Hall–Kier alpha value is -3.52. The summed E-state index contributed by atoms with van der Waals surface area (Å²) in [6.45, 7) is 1.88. The van der Waals surface area contributed by atoms with Crippen molar-refractivity contribution >= 4 is 29.1 Å². The fourth-order valence-electron chi connectivity index (χ4n) is 2.30. The zero-order valence-electron chi connectivity index (χ0n) is 14.7. The molecule has 1 aromatic heterocycles. The number of ether oxygens (including phenoxy) is 1. The molecular formula is C19H14ClN3O5. The summed E-state index contributed by atoms with van der Waals surface area (Å²) in [4.78, 5) is 26.6. The van der Waals surface area contributed by atoms with E-state index in [0.717, 1.165) is 11.6 Å². The highest BCUT2D eigenvalue weighted by Crippen LogP contribution is 2.25. The van der Waals surface area contributed by atoms with E-state index < -0.39 is 4.92 Å². The number of aryl methyl sites for hydroxylation is 1. The van der Waals surface area contributed by atoms with Gasteiger partial charge < -0.3 is 9.26 Å². The second-order valence-electron chi connectivity index (χ2n) is 5.71. The number of aromatic nitrogens is 2. The third kappa shape index (κ3) is 4.80. The lowest BCUT2D eigenvalue weighted by molar-refractivity contribution is -0.384. The third-order valence-electron chi connectivity index (χ3n) is 3.67. The molecule has 3 aromatic rings. The Balaban J connectivity index is 1.63. The molecule has 0 radical (unpaired) electrons. The number of ketones is 1. The molecule has 0 aliphatic carbocycles. The largest absolute Gasteiger partial charge is 0.485 e. The molecular weight excluding hydrogens is 386 g/mol. The Morgan fingerprint density at radius 1 is 1.29 bits per heavy atom. The molecule has 0 unspecified atom stereocenters. The summed E-state index contributed by atoms with van der Waals surface area (Å²) in [5.41, 5.74) is 0.640. The molecule has 0 atom stereocenters. The first kappa shape index (κ1) is 19.2. The number of carbonyl (C=O) groups is 1. The third-order valence-corrected chi connectivity index (χ3v) is 3.99. The van der Waals surface area contributed by atoms with Crippen LogP contribution >= 0.6 is 11.6 Å². The maximum atomic E-state index is 12.2. The van der Waals surface area contributed by atoms with E-state index in [-0.39, 0.29) is 28.7 Å². The van der Waals surface area contributed by atoms with Gasteiger partial charge in [0.05, 0.1) is 4.92 Å². The van der Waals surface area contributed by atoms with Gasteiger partial charge in [0.2, 0.25) is 11.7 Å². The number of rotatable bonds is 7. The van der Waals surface area contributed by atoms with Crippen LogP contribution in [0.5, 0.6) is 5.75 Å². The summed E-state index contributed by atoms with van der Waals surface area (Å²) in [6, 6.07) is 11.0. The zero-order chi connectivity index (χ0) is 20.1. The van der Waals surface area contributed by atoms with Crippen molar-refractivity contribution in [1.82, 2.24) is 10.1 Å². The van der Waals surface area contributed by atoms with Crippen LogP contribution in [0.25, 0.3) is 6.08 Å². The van der Waals surface area contributed by atoms with Crippen LogP contribution in [0.2, 0.25) is 5.02 Å². The molecule has 0 spiro atoms. The normalized spacial score (nSPS) is 10.9. The van der Waals surface area contributed by atoms with Gasteiger partial charge in [-0.05, 0) is 35.9 Å². The summed E-state index contributed by atoms with van der Waals surface area (Å²) in [5.74, 6) is 1.16. The van der Waals surface area contributed by atoms with Gasteiger partial charge in [-0.1, -0.05) is 35.0 Å². The summed E-state index contributed by atoms with van der Waals surface area (Å²) in [6.07, 6.45) is 2.94. The van der Waals surface area contributed by atoms with Crippen molar-refractivity contribution in [2.45, 2.75) is 13.5 Å². The maximum absolute atomic E-state index is 12.2. The van der Waals surface area contributed by atoms with Gasteiger partial charge in [-0.3, -0.25) is 14.9 Å². The zero-order valence-corrected chi connectivity index (χ0v) is 15.4. The Kier molecular flexibility index (Phi) is 5.81. The van der Waals surface area contributed by atoms with Crippen molar-refractivity contribution in [2.24, 2.45) is 0 Å². The molecule has 3 rings (SSSR count). The lowest BCUT2D eigenvalue weighted by Crippen LogP contribution is -1.98. The minimum atomic E-state index is -0.628. The molecule has 0 aliphatic rings. The van der Waals surface area contributed by atoms with Crippen molar-refractivity contribution in [3.05, 3.63) is 86.5 Å². The van der Waals surface area contributed by atoms with Crippen molar-refractivity contribution in [3.63, 3.8) is 0 Å². The van der Waals surface area contributed by atoms with Crippen LogP contribution in [-0.4, -0.2) is 20.8 Å². The number of nitro groups is 1. The van der Waals surface area contributed by atoms with Gasteiger partial charge in [-0.15, -0.1) is 0 Å². The van der Waals surface area contributed by atoms with Crippen LogP contribution < -0.4 is 4.74 Å². The second kappa shape index (κ2) is 8.45. The van der Waals surface area contributed by atoms with Crippen LogP contribution in [0.15, 0.2) is 53.1 Å². The highest BCUT2D eigenvalue weighted by molar-refractivity contribution is 6.32. The van der Waals surface area contributed by atoms with Crippen molar-refractivity contribution in [3.8, 4) is 5.75 Å². The summed E-state index contributed by atoms with van der Waals surface area (Å²) < 4.78 is 10.4. The van der Waals surface area contributed by atoms with Crippen LogP contribution in [-0.2, 0) is 6.61 Å². The van der Waals surface area contributed by atoms with Gasteiger partial charge in [0.15, 0.2) is 12.4 Å². The average Bonchev–Trinajstić information content (AvgIpc) is 3.10. The van der Waals surface area contributed by atoms with Gasteiger partial charge in [-0.2, -0.15) is 4.98 Å². The molecule has 0 amide bonds. The molecule has 28 heavy (non-hydrogen) atoms. The first-order valence-electron chi connectivity index (χ1n) is 8.11. The lowest BCUT2D eigenvalue weighted by atomic mass is 10.1. The Morgan fingerprint density at radius 2 is 2.04 bits per heavy atom. The minimum absolute atomic E-state index is 0.0166. The van der Waals surface area contributed by atoms with Crippen LogP contribution in [0.4, 0.5) is 5.69 Å². The number of hydrogen-bond acceptors (Lipinski definition) is 7. The molecule has 0 aliphatic heterocycles. The summed E-state index contributed by atoms with van der Waals surface area (Å²) in [5, 5.41) is 14.6. The van der Waals surface area contributed by atoms with E-state index in [1.54, 1.807) is 37.3 Å². The summed E-state index contributed by atoms with van der Waals surface area (Å²) >= 11 is 5.75. The van der Waals surface area contributed by atoms with E-state index >= 15 is 0 Å². The molecule has 0 bridgehead atoms. The Labute approximate surface area is 164 Å². The fraction of sp³-hybridized carbons (Fsp3) is 0.105. The van der Waals surface area contributed by atoms with Gasteiger partial charge >= 0.3 is 0 Å². The number of benzene rings is 2. The Bertz CT molecular complexity index is 1040. The predicted molar refractivity (Wildman–Crippen MR) is 101 cm³/mol. The Morgan fingerprint density at radius 3 is 2.68 bits per heavy atom. The van der Waals surface area contributed by atoms with Crippen LogP contribution in [0.3, 0.4) is 0 Å². The van der Waals surface area contributed by atoms with E-state index in [2.05, 4.69) is 10.1 Å². The molecule has 0 saturated carbocycles. The summed E-state index contributed by atoms with van der Waals surface area (Å²) in [7, 11) is 0. The van der Waals surface area contributed by atoms with Gasteiger partial charge in [-0.25, -0.2) is 0 Å². The lowest BCUT2D eigenvalue weighted by Gasteiger charge is -2.03. The number of nitro benzene ring substituents is 1. The molecule has 8 nitrogen and oxygen atoms in total. The fourth-order valence-corrected chi connectivity index (χ4v) is 2.48. The van der Waals surface area contributed by atoms with E-state index in [1.807, 2.05) is 0 Å². The van der Waals surface area contributed by atoms with E-state index in [1.165, 1.54) is 18.2 Å². The minimum Gasteiger partial charge on any atom is -0.485 e. The van der Waals surface area contributed by atoms with Crippen molar-refractivity contribution in [1.29, 1.82) is 0 Å². The van der Waals surface area contributed by atoms with E-state index in [0.29, 0.717) is 17.5 Å². The predicted octanol–water partition coefficient (Wildman–Crippen LogP) is 4.41. The monoisotopic (exact) mass is 399 g/mol. The topological polar surface area (TPSA) is 108 Å². The van der Waals surface area contributed by atoms with Crippen LogP contribution in [0, 0.1) is 17.0 Å². The van der Waals surface area contributed by atoms with Crippen LogP contribution in [0.1, 0.15) is 27.6 Å². The molecule has 0 N–H and O–H groups in total. The number of nitrogens with zero attached hydrogens (tertiary/aromatic N) is 3. The first-order chi connectivity index (χ1) is 13.4. The smallest absolute Gasteiger partial charge is 0.288 e. The van der Waals surface area contributed by atoms with E-state index in [9.17, 15) is 14.9 Å². The average molecular weight is 400 g/mol. The quantitative estimate of drug-likeness (QED) is 0.250.